The first-order valence-electron chi connectivity index (χ1n) is 13.8. The van der Waals surface area contributed by atoms with E-state index in [9.17, 15) is 14.7 Å². The van der Waals surface area contributed by atoms with E-state index in [2.05, 4.69) is 72.2 Å². The van der Waals surface area contributed by atoms with E-state index in [0.29, 0.717) is 48.1 Å². The molecule has 6 rings (SSSR count). The van der Waals surface area contributed by atoms with Crippen molar-refractivity contribution in [2.45, 2.75) is 68.9 Å². The lowest BCUT2D eigenvalue weighted by Gasteiger charge is -2.48. The molecular weight excluding hydrogens is 460 g/mol. The van der Waals surface area contributed by atoms with Crippen LogP contribution in [0.4, 0.5) is 0 Å². The third-order valence-electron chi connectivity index (χ3n) is 9.38. The Hall–Kier alpha value is -3.18. The van der Waals surface area contributed by atoms with E-state index in [1.807, 2.05) is 12.1 Å². The highest BCUT2D eigenvalue weighted by Crippen LogP contribution is 2.45. The van der Waals surface area contributed by atoms with Crippen LogP contribution in [0.5, 0.6) is 0 Å². The summed E-state index contributed by atoms with van der Waals surface area (Å²) >= 11 is 0. The van der Waals surface area contributed by atoms with Crippen LogP contribution in [0.1, 0.15) is 78.8 Å². The summed E-state index contributed by atoms with van der Waals surface area (Å²) < 4.78 is 0. The van der Waals surface area contributed by atoms with E-state index < -0.39 is 11.5 Å². The molecule has 0 aromatic heterocycles. The van der Waals surface area contributed by atoms with Gasteiger partial charge < -0.3 is 15.7 Å². The predicted octanol–water partition coefficient (Wildman–Crippen LogP) is 5.85. The van der Waals surface area contributed by atoms with Gasteiger partial charge in [-0.15, -0.1) is 0 Å². The average Bonchev–Trinajstić information content (AvgIpc) is 3.69. The van der Waals surface area contributed by atoms with E-state index in [1.165, 1.54) is 47.6 Å². The molecule has 3 N–H and O–H groups in total. The van der Waals surface area contributed by atoms with Crippen molar-refractivity contribution in [2.24, 2.45) is 11.8 Å². The zero-order valence-corrected chi connectivity index (χ0v) is 21.5. The molecule has 0 bridgehead atoms. The Morgan fingerprint density at radius 2 is 1.76 bits per heavy atom. The van der Waals surface area contributed by atoms with Crippen LogP contribution in [0, 0.1) is 11.8 Å². The lowest BCUT2D eigenvalue weighted by molar-refractivity contribution is -0.140. The van der Waals surface area contributed by atoms with Crippen LogP contribution in [0.15, 0.2) is 66.7 Å². The molecule has 5 heteroatoms. The van der Waals surface area contributed by atoms with Crippen LogP contribution in [0.2, 0.25) is 0 Å². The number of carbonyl (C=O) groups is 2. The molecule has 3 aliphatic rings. The Morgan fingerprint density at radius 3 is 2.46 bits per heavy atom. The van der Waals surface area contributed by atoms with Gasteiger partial charge in [-0.25, -0.2) is 4.79 Å². The normalized spacial score (nSPS) is 27.2. The van der Waals surface area contributed by atoms with Gasteiger partial charge in [-0.2, -0.15) is 0 Å². The Bertz CT molecular complexity index is 1310. The Balaban J connectivity index is 1.12. The molecule has 3 aromatic rings. The van der Waals surface area contributed by atoms with Crippen molar-refractivity contribution < 1.29 is 14.7 Å². The number of hydrogen-bond acceptors (Lipinski definition) is 3. The second-order valence-corrected chi connectivity index (χ2v) is 11.5. The summed E-state index contributed by atoms with van der Waals surface area (Å²) in [6, 6.07) is 23.8. The fourth-order valence-corrected chi connectivity index (χ4v) is 6.87. The second-order valence-electron chi connectivity index (χ2n) is 11.5. The molecule has 192 valence electrons. The van der Waals surface area contributed by atoms with Crippen LogP contribution in [-0.2, 0) is 4.79 Å². The van der Waals surface area contributed by atoms with Crippen molar-refractivity contribution >= 4 is 22.6 Å². The summed E-state index contributed by atoms with van der Waals surface area (Å²) in [5, 5.41) is 18.5. The standard InChI is InChI=1S/C32H36N2O3/c1-20(26-11-5-7-22-6-2-3-10-27(22)26)29-28(19-33-29)25-9-4-8-24(18-25)21-12-14-23(15-13-21)30(35)34-32(16-17-32)31(36)37/h2-3,5-7,10-15,20,24-25,28-29,33H,4,8-9,16-19H2,1H3,(H,34,35)(H,36,37). The summed E-state index contributed by atoms with van der Waals surface area (Å²) in [4.78, 5) is 24.0. The highest BCUT2D eigenvalue weighted by atomic mass is 16.4. The van der Waals surface area contributed by atoms with Gasteiger partial charge >= 0.3 is 5.97 Å². The van der Waals surface area contributed by atoms with Crippen molar-refractivity contribution in [3.05, 3.63) is 83.4 Å². The molecule has 37 heavy (non-hydrogen) atoms. The lowest BCUT2D eigenvalue weighted by atomic mass is 9.65. The molecule has 2 saturated carbocycles. The smallest absolute Gasteiger partial charge is 0.329 e. The summed E-state index contributed by atoms with van der Waals surface area (Å²) in [6.07, 6.45) is 5.92. The van der Waals surface area contributed by atoms with Gasteiger partial charge in [-0.3, -0.25) is 4.79 Å². The summed E-state index contributed by atoms with van der Waals surface area (Å²) in [5.41, 5.74) is 2.22. The monoisotopic (exact) mass is 496 g/mol. The topological polar surface area (TPSA) is 78.4 Å². The quantitative estimate of drug-likeness (QED) is 0.383. The predicted molar refractivity (Wildman–Crippen MR) is 146 cm³/mol. The molecule has 3 aromatic carbocycles. The van der Waals surface area contributed by atoms with Crippen molar-refractivity contribution in [3.63, 3.8) is 0 Å². The molecule has 1 saturated heterocycles. The minimum Gasteiger partial charge on any atom is -0.480 e. The van der Waals surface area contributed by atoms with Gasteiger partial charge in [0.2, 0.25) is 0 Å². The number of amides is 1. The fourth-order valence-electron chi connectivity index (χ4n) is 6.87. The number of hydrogen-bond donors (Lipinski definition) is 3. The van der Waals surface area contributed by atoms with Gasteiger partial charge in [0.25, 0.3) is 5.91 Å². The molecule has 3 fully saturated rings. The van der Waals surface area contributed by atoms with Gasteiger partial charge in [0.05, 0.1) is 0 Å². The minimum atomic E-state index is -1.05. The summed E-state index contributed by atoms with van der Waals surface area (Å²) in [7, 11) is 0. The van der Waals surface area contributed by atoms with Crippen LogP contribution in [-0.4, -0.2) is 35.1 Å². The number of benzene rings is 3. The van der Waals surface area contributed by atoms with Gasteiger partial charge in [-0.1, -0.05) is 74.4 Å². The van der Waals surface area contributed by atoms with Crippen molar-refractivity contribution in [3.8, 4) is 0 Å². The number of carboxylic acid groups (broad SMARTS) is 1. The van der Waals surface area contributed by atoms with E-state index in [0.717, 1.165) is 6.54 Å². The van der Waals surface area contributed by atoms with Gasteiger partial charge in [0.1, 0.15) is 5.54 Å². The zero-order chi connectivity index (χ0) is 25.6. The Labute approximate surface area is 218 Å². The van der Waals surface area contributed by atoms with Crippen LogP contribution in [0.25, 0.3) is 10.8 Å². The van der Waals surface area contributed by atoms with Gasteiger partial charge in [0, 0.05) is 18.2 Å². The molecule has 1 aliphatic heterocycles. The molecule has 1 amide bonds. The number of carboxylic acids is 1. The summed E-state index contributed by atoms with van der Waals surface area (Å²) in [5.74, 6) is 1.13. The molecule has 0 spiro atoms. The van der Waals surface area contributed by atoms with Crippen molar-refractivity contribution in [2.75, 3.05) is 6.54 Å². The van der Waals surface area contributed by atoms with E-state index in [4.69, 9.17) is 0 Å². The SMILES string of the molecule is CC(c1cccc2ccccc12)C1NCC1C1CCCC(c2ccc(C(=O)NC3(C(=O)O)CC3)cc2)C1. The largest absolute Gasteiger partial charge is 0.480 e. The number of nitrogens with one attached hydrogen (secondary N) is 2. The first kappa shape index (κ1) is 24.2. The maximum atomic E-state index is 12.6. The average molecular weight is 497 g/mol. The lowest BCUT2D eigenvalue weighted by Crippen LogP contribution is -2.58. The second kappa shape index (κ2) is 9.60. The Kier molecular flexibility index (Phi) is 6.28. The highest BCUT2D eigenvalue weighted by Gasteiger charge is 2.51. The van der Waals surface area contributed by atoms with E-state index in [-0.39, 0.29) is 5.91 Å². The molecular formula is C32H36N2O3. The molecule has 0 radical (unpaired) electrons. The molecule has 1 heterocycles. The maximum Gasteiger partial charge on any atom is 0.329 e. The van der Waals surface area contributed by atoms with Crippen LogP contribution < -0.4 is 10.6 Å². The molecule has 5 atom stereocenters. The number of carbonyl (C=O) groups excluding carboxylic acids is 1. The third-order valence-corrected chi connectivity index (χ3v) is 9.38. The first-order chi connectivity index (χ1) is 17.9. The van der Waals surface area contributed by atoms with Crippen LogP contribution in [0.3, 0.4) is 0 Å². The third kappa shape index (κ3) is 4.54. The fraction of sp³-hybridized carbons (Fsp3) is 0.438. The number of rotatable bonds is 7. The Morgan fingerprint density at radius 1 is 1.00 bits per heavy atom. The summed E-state index contributed by atoms with van der Waals surface area (Å²) in [6.45, 7) is 3.48. The van der Waals surface area contributed by atoms with Crippen molar-refractivity contribution in [1.82, 2.24) is 10.6 Å². The minimum absolute atomic E-state index is 0.293. The molecule has 5 nitrogen and oxygen atoms in total. The van der Waals surface area contributed by atoms with E-state index in [1.54, 1.807) is 0 Å². The molecule has 2 aliphatic carbocycles. The molecule has 5 unspecified atom stereocenters. The van der Waals surface area contributed by atoms with Crippen molar-refractivity contribution in [1.29, 1.82) is 0 Å². The van der Waals surface area contributed by atoms with Gasteiger partial charge in [-0.05, 0) is 83.4 Å². The van der Waals surface area contributed by atoms with Gasteiger partial charge in [0.15, 0.2) is 0 Å². The zero-order valence-electron chi connectivity index (χ0n) is 21.5. The first-order valence-corrected chi connectivity index (χ1v) is 13.8. The van der Waals surface area contributed by atoms with Crippen LogP contribution >= 0.6 is 0 Å². The highest BCUT2D eigenvalue weighted by molar-refractivity contribution is 5.99. The maximum absolute atomic E-state index is 12.6. The number of fused-ring (bicyclic) bond motifs is 1. The number of aliphatic carboxylic acids is 1. The van der Waals surface area contributed by atoms with E-state index >= 15 is 0 Å².